The molecule has 1 heterocycles. The van der Waals surface area contributed by atoms with Crippen LogP contribution in [0.5, 0.6) is 0 Å². The number of hydrogen-bond donors (Lipinski definition) is 1. The Labute approximate surface area is 130 Å². The van der Waals surface area contributed by atoms with Gasteiger partial charge in [0.15, 0.2) is 0 Å². The molecular weight excluding hydrogens is 282 g/mol. The molecule has 1 amide bonds. The molecule has 0 radical (unpaired) electrons. The number of carbonyl (C=O) groups is 1. The maximum absolute atomic E-state index is 12.3. The Balaban J connectivity index is 1.95. The van der Waals surface area contributed by atoms with Gasteiger partial charge in [0.05, 0.1) is 11.5 Å². The van der Waals surface area contributed by atoms with E-state index in [0.29, 0.717) is 5.69 Å². The molecule has 6 nitrogen and oxygen atoms in total. The van der Waals surface area contributed by atoms with Gasteiger partial charge in [0.2, 0.25) is 5.91 Å². The summed E-state index contributed by atoms with van der Waals surface area (Å²) in [5, 5.41) is 13.9. The highest BCUT2D eigenvalue weighted by Gasteiger charge is 2.15. The number of nitrogens with one attached hydrogen (secondary N) is 1. The highest BCUT2D eigenvalue weighted by Crippen LogP contribution is 2.21. The summed E-state index contributed by atoms with van der Waals surface area (Å²) < 4.78 is 0. The molecule has 1 aromatic carbocycles. The molecule has 0 atom stereocenters. The average Bonchev–Trinajstić information content (AvgIpc) is 2.45. The van der Waals surface area contributed by atoms with Gasteiger partial charge in [0, 0.05) is 30.9 Å². The molecule has 0 spiro atoms. The number of likely N-dealkylation sites (tertiary alicyclic amines) is 1. The first-order valence-electron chi connectivity index (χ1n) is 7.84. The number of amides is 1. The van der Waals surface area contributed by atoms with Crippen LogP contribution in [0.3, 0.4) is 0 Å². The van der Waals surface area contributed by atoms with Crippen molar-refractivity contribution in [2.75, 3.05) is 25.0 Å². The summed E-state index contributed by atoms with van der Waals surface area (Å²) in [7, 11) is 0. The molecule has 1 aliphatic rings. The second-order valence-corrected chi connectivity index (χ2v) is 5.76. The van der Waals surface area contributed by atoms with E-state index in [-0.39, 0.29) is 18.1 Å². The summed E-state index contributed by atoms with van der Waals surface area (Å²) >= 11 is 0. The molecule has 0 bridgehead atoms. The molecule has 1 fully saturated rings. The predicted octanol–water partition coefficient (Wildman–Crippen LogP) is 3.11. The zero-order chi connectivity index (χ0) is 15.9. The number of aryl methyl sites for hydroxylation is 1. The highest BCUT2D eigenvalue weighted by atomic mass is 16.6. The first kappa shape index (κ1) is 16.3. The lowest BCUT2D eigenvalue weighted by Gasteiger charge is -2.25. The lowest BCUT2D eigenvalue weighted by atomic mass is 10.1. The van der Waals surface area contributed by atoms with Crippen molar-refractivity contribution in [3.05, 3.63) is 33.9 Å². The van der Waals surface area contributed by atoms with Crippen molar-refractivity contribution in [3.63, 3.8) is 0 Å². The Hall–Kier alpha value is -2.11. The maximum atomic E-state index is 12.3. The van der Waals surface area contributed by atoms with Crippen LogP contribution in [0.25, 0.3) is 0 Å². The highest BCUT2D eigenvalue weighted by molar-refractivity contribution is 5.81. The number of rotatable bonds is 4. The average molecular weight is 305 g/mol. The Morgan fingerprint density at radius 3 is 2.50 bits per heavy atom. The zero-order valence-corrected chi connectivity index (χ0v) is 13.0. The van der Waals surface area contributed by atoms with Gasteiger partial charge in [-0.2, -0.15) is 0 Å². The number of non-ortho nitro benzene ring substituents is 1. The van der Waals surface area contributed by atoms with Gasteiger partial charge >= 0.3 is 0 Å². The minimum absolute atomic E-state index is 0.0341. The van der Waals surface area contributed by atoms with E-state index < -0.39 is 4.92 Å². The standard InChI is InChI=1S/C16H23N3O3/c1-13-7-8-14(19(21)22)11-15(13)17-12-16(20)18-9-5-3-2-4-6-10-18/h7-8,11,17H,2-6,9-10,12H2,1H3. The minimum atomic E-state index is -0.426. The topological polar surface area (TPSA) is 75.5 Å². The van der Waals surface area contributed by atoms with Crippen LogP contribution in [0.2, 0.25) is 0 Å². The van der Waals surface area contributed by atoms with Gasteiger partial charge < -0.3 is 10.2 Å². The Morgan fingerprint density at radius 2 is 1.86 bits per heavy atom. The molecule has 1 aliphatic heterocycles. The van der Waals surface area contributed by atoms with Crippen LogP contribution < -0.4 is 5.32 Å². The van der Waals surface area contributed by atoms with E-state index in [4.69, 9.17) is 0 Å². The fourth-order valence-electron chi connectivity index (χ4n) is 2.69. The molecule has 0 aromatic heterocycles. The second kappa shape index (κ2) is 7.77. The van der Waals surface area contributed by atoms with Crippen molar-refractivity contribution in [1.82, 2.24) is 4.90 Å². The monoisotopic (exact) mass is 305 g/mol. The number of benzene rings is 1. The predicted molar refractivity (Wildman–Crippen MR) is 86.0 cm³/mol. The molecule has 1 aromatic rings. The summed E-state index contributed by atoms with van der Waals surface area (Å²) in [6, 6.07) is 4.65. The molecular formula is C16H23N3O3. The zero-order valence-electron chi connectivity index (χ0n) is 13.0. The lowest BCUT2D eigenvalue weighted by Crippen LogP contribution is -2.37. The van der Waals surface area contributed by atoms with Crippen molar-refractivity contribution in [2.24, 2.45) is 0 Å². The number of nitro groups is 1. The molecule has 0 saturated carbocycles. The van der Waals surface area contributed by atoms with E-state index in [1.54, 1.807) is 6.07 Å². The lowest BCUT2D eigenvalue weighted by molar-refractivity contribution is -0.384. The van der Waals surface area contributed by atoms with Gasteiger partial charge in [-0.15, -0.1) is 0 Å². The maximum Gasteiger partial charge on any atom is 0.271 e. The van der Waals surface area contributed by atoms with Crippen molar-refractivity contribution >= 4 is 17.3 Å². The van der Waals surface area contributed by atoms with Crippen molar-refractivity contribution in [3.8, 4) is 0 Å². The Morgan fingerprint density at radius 1 is 1.23 bits per heavy atom. The molecule has 0 aliphatic carbocycles. The molecule has 120 valence electrons. The first-order valence-corrected chi connectivity index (χ1v) is 7.84. The fraction of sp³-hybridized carbons (Fsp3) is 0.562. The smallest absolute Gasteiger partial charge is 0.271 e. The number of nitro benzene ring substituents is 1. The van der Waals surface area contributed by atoms with Crippen LogP contribution in [-0.4, -0.2) is 35.4 Å². The number of nitrogens with zero attached hydrogens (tertiary/aromatic N) is 2. The molecule has 22 heavy (non-hydrogen) atoms. The fourth-order valence-corrected chi connectivity index (χ4v) is 2.69. The van der Waals surface area contributed by atoms with Crippen LogP contribution in [0.1, 0.15) is 37.7 Å². The summed E-state index contributed by atoms with van der Waals surface area (Å²) in [6.45, 7) is 3.68. The van der Waals surface area contributed by atoms with Crippen LogP contribution in [0, 0.1) is 17.0 Å². The van der Waals surface area contributed by atoms with Crippen LogP contribution in [0.15, 0.2) is 18.2 Å². The summed E-state index contributed by atoms with van der Waals surface area (Å²) in [5.74, 6) is 0.0628. The van der Waals surface area contributed by atoms with Crippen molar-refractivity contribution in [1.29, 1.82) is 0 Å². The SMILES string of the molecule is Cc1ccc([N+](=O)[O-])cc1NCC(=O)N1CCCCCCC1. The normalized spacial score (nSPS) is 15.8. The molecule has 1 saturated heterocycles. The number of hydrogen-bond acceptors (Lipinski definition) is 4. The van der Waals surface area contributed by atoms with E-state index in [0.717, 1.165) is 31.5 Å². The quantitative estimate of drug-likeness (QED) is 0.685. The third-order valence-corrected chi connectivity index (χ3v) is 4.07. The van der Waals surface area contributed by atoms with Gasteiger partial charge in [-0.1, -0.05) is 25.3 Å². The summed E-state index contributed by atoms with van der Waals surface area (Å²) in [6.07, 6.45) is 5.73. The molecule has 1 N–H and O–H groups in total. The largest absolute Gasteiger partial charge is 0.376 e. The third kappa shape index (κ3) is 4.44. The Bertz CT molecular complexity index is 537. The number of carbonyl (C=O) groups excluding carboxylic acids is 1. The van der Waals surface area contributed by atoms with E-state index in [1.165, 1.54) is 31.4 Å². The summed E-state index contributed by atoms with van der Waals surface area (Å²) in [4.78, 5) is 24.6. The molecule has 0 unspecified atom stereocenters. The van der Waals surface area contributed by atoms with Crippen LogP contribution >= 0.6 is 0 Å². The van der Waals surface area contributed by atoms with Gasteiger partial charge in [0.1, 0.15) is 0 Å². The van der Waals surface area contributed by atoms with Gasteiger partial charge in [-0.25, -0.2) is 0 Å². The van der Waals surface area contributed by atoms with Crippen molar-refractivity contribution in [2.45, 2.75) is 39.0 Å². The van der Waals surface area contributed by atoms with Gasteiger partial charge in [-0.05, 0) is 25.3 Å². The van der Waals surface area contributed by atoms with Gasteiger partial charge in [-0.3, -0.25) is 14.9 Å². The van der Waals surface area contributed by atoms with Crippen LogP contribution in [-0.2, 0) is 4.79 Å². The van der Waals surface area contributed by atoms with Gasteiger partial charge in [0.25, 0.3) is 5.69 Å². The van der Waals surface area contributed by atoms with Crippen LogP contribution in [0.4, 0.5) is 11.4 Å². The van der Waals surface area contributed by atoms with E-state index in [2.05, 4.69) is 5.32 Å². The summed E-state index contributed by atoms with van der Waals surface area (Å²) in [5.41, 5.74) is 1.58. The molecule has 6 heteroatoms. The van der Waals surface area contributed by atoms with E-state index in [9.17, 15) is 14.9 Å². The third-order valence-electron chi connectivity index (χ3n) is 4.07. The van der Waals surface area contributed by atoms with E-state index >= 15 is 0 Å². The minimum Gasteiger partial charge on any atom is -0.376 e. The molecule has 2 rings (SSSR count). The second-order valence-electron chi connectivity index (χ2n) is 5.76. The number of anilines is 1. The first-order chi connectivity index (χ1) is 10.6. The van der Waals surface area contributed by atoms with Crippen molar-refractivity contribution < 1.29 is 9.72 Å². The Kier molecular flexibility index (Phi) is 5.75. The van der Waals surface area contributed by atoms with E-state index in [1.807, 2.05) is 11.8 Å².